The molecule has 0 amide bonds. The summed E-state index contributed by atoms with van der Waals surface area (Å²) in [6.07, 6.45) is 1.80. The molecule has 0 spiro atoms. The first-order chi connectivity index (χ1) is 14.7. The summed E-state index contributed by atoms with van der Waals surface area (Å²) >= 11 is 0. The van der Waals surface area contributed by atoms with Gasteiger partial charge in [-0.05, 0) is 46.0 Å². The molecule has 152 valence electrons. The van der Waals surface area contributed by atoms with Crippen LogP contribution in [0, 0.1) is 0 Å². The van der Waals surface area contributed by atoms with Gasteiger partial charge in [-0.15, -0.1) is 0 Å². The molecule has 2 aliphatic rings. The zero-order valence-electron chi connectivity index (χ0n) is 17.0. The SMILES string of the molecule is COc1ccc(/C=N/N2CCN(C3c4ccccc4-c4ccccc43)CC2)cc1O. The van der Waals surface area contributed by atoms with E-state index < -0.39 is 0 Å². The van der Waals surface area contributed by atoms with Crippen LogP contribution in [0.25, 0.3) is 11.1 Å². The average Bonchev–Trinajstić information content (AvgIpc) is 3.13. The number of hydrogen-bond acceptors (Lipinski definition) is 5. The van der Waals surface area contributed by atoms with Crippen LogP contribution in [0.3, 0.4) is 0 Å². The first kappa shape index (κ1) is 18.7. The minimum atomic E-state index is 0.129. The maximum absolute atomic E-state index is 9.94. The molecule has 0 unspecified atom stereocenters. The average molecular weight is 399 g/mol. The van der Waals surface area contributed by atoms with Gasteiger partial charge in [0.2, 0.25) is 0 Å². The van der Waals surface area contributed by atoms with Crippen LogP contribution in [0.15, 0.2) is 71.8 Å². The van der Waals surface area contributed by atoms with Gasteiger partial charge >= 0.3 is 0 Å². The smallest absolute Gasteiger partial charge is 0.160 e. The quantitative estimate of drug-likeness (QED) is 0.671. The molecule has 0 bridgehead atoms. The van der Waals surface area contributed by atoms with Gasteiger partial charge in [-0.3, -0.25) is 9.91 Å². The molecule has 30 heavy (non-hydrogen) atoms. The molecule has 3 aromatic rings. The van der Waals surface area contributed by atoms with Crippen LogP contribution in [0.1, 0.15) is 22.7 Å². The van der Waals surface area contributed by atoms with E-state index in [1.54, 1.807) is 25.5 Å². The van der Waals surface area contributed by atoms with E-state index in [0.717, 1.165) is 31.7 Å². The highest BCUT2D eigenvalue weighted by molar-refractivity contribution is 5.80. The standard InChI is InChI=1S/C25H25N3O2/c1-30-24-11-10-18(16-23(24)29)17-26-28-14-12-27(13-15-28)25-21-8-4-2-6-19(21)20-7-3-5-9-22(20)25/h2-11,16-17,25,29H,12-15H2,1H3/b26-17+. The number of phenols is 1. The number of fused-ring (bicyclic) bond motifs is 3. The number of piperazine rings is 1. The Bertz CT molecular complexity index is 1040. The van der Waals surface area contributed by atoms with E-state index >= 15 is 0 Å². The van der Waals surface area contributed by atoms with Crippen molar-refractivity contribution in [1.29, 1.82) is 0 Å². The molecule has 1 aliphatic carbocycles. The fourth-order valence-corrected chi connectivity index (χ4v) is 4.54. The van der Waals surface area contributed by atoms with Crippen LogP contribution < -0.4 is 4.74 Å². The molecule has 5 rings (SSSR count). The summed E-state index contributed by atoms with van der Waals surface area (Å²) in [6.45, 7) is 3.66. The molecule has 3 aromatic carbocycles. The van der Waals surface area contributed by atoms with Crippen LogP contribution in [-0.4, -0.2) is 54.5 Å². The van der Waals surface area contributed by atoms with E-state index in [2.05, 4.69) is 63.5 Å². The molecule has 0 aromatic heterocycles. The predicted octanol–water partition coefficient (Wildman–Crippen LogP) is 4.12. The molecule has 0 saturated carbocycles. The van der Waals surface area contributed by atoms with Crippen LogP contribution in [0.5, 0.6) is 11.5 Å². The zero-order valence-corrected chi connectivity index (χ0v) is 17.0. The molecular weight excluding hydrogens is 374 g/mol. The largest absolute Gasteiger partial charge is 0.504 e. The highest BCUT2D eigenvalue weighted by Gasteiger charge is 2.33. The monoisotopic (exact) mass is 399 g/mol. The third-order valence-corrected chi connectivity index (χ3v) is 6.03. The van der Waals surface area contributed by atoms with Gasteiger partial charge in [0, 0.05) is 26.2 Å². The van der Waals surface area contributed by atoms with Crippen LogP contribution in [-0.2, 0) is 0 Å². The summed E-state index contributed by atoms with van der Waals surface area (Å²) in [5, 5.41) is 16.7. The number of hydrazone groups is 1. The second-order valence-electron chi connectivity index (χ2n) is 7.74. The molecule has 5 nitrogen and oxygen atoms in total. The number of aromatic hydroxyl groups is 1. The lowest BCUT2D eigenvalue weighted by Gasteiger charge is -2.37. The Hall–Kier alpha value is -3.31. The van der Waals surface area contributed by atoms with Gasteiger partial charge in [-0.25, -0.2) is 0 Å². The minimum Gasteiger partial charge on any atom is -0.504 e. The van der Waals surface area contributed by atoms with Gasteiger partial charge in [0.25, 0.3) is 0 Å². The van der Waals surface area contributed by atoms with Crippen molar-refractivity contribution in [3.05, 3.63) is 83.4 Å². The fourth-order valence-electron chi connectivity index (χ4n) is 4.54. The van der Waals surface area contributed by atoms with E-state index in [0.29, 0.717) is 11.8 Å². The summed E-state index contributed by atoms with van der Waals surface area (Å²) in [7, 11) is 1.55. The molecule has 1 heterocycles. The number of methoxy groups -OCH3 is 1. The number of nitrogens with zero attached hydrogens (tertiary/aromatic N) is 3. The molecule has 1 N–H and O–H groups in total. The molecular formula is C25H25N3O2. The normalized spacial score (nSPS) is 16.6. The van der Waals surface area contributed by atoms with Crippen molar-refractivity contribution in [2.75, 3.05) is 33.3 Å². The lowest BCUT2D eigenvalue weighted by atomic mass is 10.0. The number of phenolic OH excluding ortho intramolecular Hbond substituents is 1. The number of hydrogen-bond donors (Lipinski definition) is 1. The van der Waals surface area contributed by atoms with Gasteiger partial charge in [0.05, 0.1) is 19.4 Å². The van der Waals surface area contributed by atoms with Gasteiger partial charge in [-0.2, -0.15) is 5.10 Å². The van der Waals surface area contributed by atoms with Crippen molar-refractivity contribution in [2.45, 2.75) is 6.04 Å². The second-order valence-corrected chi connectivity index (χ2v) is 7.74. The van der Waals surface area contributed by atoms with Crippen molar-refractivity contribution < 1.29 is 9.84 Å². The van der Waals surface area contributed by atoms with Crippen molar-refractivity contribution in [2.24, 2.45) is 5.10 Å². The lowest BCUT2D eigenvalue weighted by molar-refractivity contribution is 0.114. The summed E-state index contributed by atoms with van der Waals surface area (Å²) in [5.74, 6) is 0.600. The van der Waals surface area contributed by atoms with Gasteiger partial charge < -0.3 is 9.84 Å². The first-order valence-electron chi connectivity index (χ1n) is 10.3. The summed E-state index contributed by atoms with van der Waals surface area (Å²) < 4.78 is 5.09. The fraction of sp³-hybridized carbons (Fsp3) is 0.240. The molecule has 0 atom stereocenters. The summed E-state index contributed by atoms with van der Waals surface area (Å²) in [6, 6.07) is 23.2. The van der Waals surface area contributed by atoms with Crippen molar-refractivity contribution in [3.8, 4) is 22.6 Å². The maximum atomic E-state index is 9.94. The number of benzene rings is 3. The summed E-state index contributed by atoms with van der Waals surface area (Å²) in [4.78, 5) is 2.57. The Kier molecular flexibility index (Phi) is 4.89. The second kappa shape index (κ2) is 7.84. The Balaban J connectivity index is 1.29. The molecule has 1 fully saturated rings. The minimum absolute atomic E-state index is 0.129. The van der Waals surface area contributed by atoms with Crippen molar-refractivity contribution >= 4 is 6.21 Å². The van der Waals surface area contributed by atoms with Crippen LogP contribution >= 0.6 is 0 Å². The predicted molar refractivity (Wildman–Crippen MR) is 119 cm³/mol. The Morgan fingerprint density at radius 1 is 0.900 bits per heavy atom. The van der Waals surface area contributed by atoms with Crippen LogP contribution in [0.4, 0.5) is 0 Å². The zero-order chi connectivity index (χ0) is 20.5. The molecule has 5 heteroatoms. The van der Waals surface area contributed by atoms with E-state index in [-0.39, 0.29) is 5.75 Å². The Morgan fingerprint density at radius 2 is 1.53 bits per heavy atom. The number of rotatable bonds is 4. The molecule has 1 aliphatic heterocycles. The summed E-state index contributed by atoms with van der Waals surface area (Å²) in [5.41, 5.74) is 6.39. The topological polar surface area (TPSA) is 48.3 Å². The molecule has 0 radical (unpaired) electrons. The Labute approximate surface area is 176 Å². The van der Waals surface area contributed by atoms with E-state index in [1.807, 2.05) is 6.07 Å². The van der Waals surface area contributed by atoms with Crippen molar-refractivity contribution in [3.63, 3.8) is 0 Å². The van der Waals surface area contributed by atoms with E-state index in [4.69, 9.17) is 4.74 Å². The first-order valence-corrected chi connectivity index (χ1v) is 10.3. The van der Waals surface area contributed by atoms with Gasteiger partial charge in [0.15, 0.2) is 11.5 Å². The maximum Gasteiger partial charge on any atom is 0.160 e. The Morgan fingerprint density at radius 3 is 2.13 bits per heavy atom. The highest BCUT2D eigenvalue weighted by atomic mass is 16.5. The van der Waals surface area contributed by atoms with Gasteiger partial charge in [0.1, 0.15) is 0 Å². The third kappa shape index (κ3) is 3.31. The van der Waals surface area contributed by atoms with Crippen molar-refractivity contribution in [1.82, 2.24) is 9.91 Å². The molecule has 1 saturated heterocycles. The van der Waals surface area contributed by atoms with Gasteiger partial charge in [-0.1, -0.05) is 48.5 Å². The number of ether oxygens (including phenoxy) is 1. The van der Waals surface area contributed by atoms with E-state index in [1.165, 1.54) is 22.3 Å². The lowest BCUT2D eigenvalue weighted by Crippen LogP contribution is -2.45. The van der Waals surface area contributed by atoms with Crippen LogP contribution in [0.2, 0.25) is 0 Å². The highest BCUT2D eigenvalue weighted by Crippen LogP contribution is 2.46. The van der Waals surface area contributed by atoms with E-state index in [9.17, 15) is 5.11 Å². The third-order valence-electron chi connectivity index (χ3n) is 6.03.